The van der Waals surface area contributed by atoms with Crippen molar-refractivity contribution in [2.24, 2.45) is 5.92 Å². The molecule has 1 unspecified atom stereocenters. The molecule has 0 aliphatic carbocycles. The molecule has 1 amide bonds. The number of amides is 1. The molecule has 0 radical (unpaired) electrons. The van der Waals surface area contributed by atoms with Gasteiger partial charge in [0.05, 0.1) is 12.7 Å². The summed E-state index contributed by atoms with van der Waals surface area (Å²) in [5.74, 6) is 1.26. The lowest BCUT2D eigenvalue weighted by molar-refractivity contribution is -0.116. The molecule has 0 spiro atoms. The largest absolute Gasteiger partial charge is 0.316 e. The predicted molar refractivity (Wildman–Crippen MR) is 104 cm³/mol. The number of nitrogens with zero attached hydrogens (tertiary/aromatic N) is 2. The third-order valence-electron chi connectivity index (χ3n) is 4.30. The number of nitrogens with one attached hydrogen (secondary N) is 2. The van der Waals surface area contributed by atoms with E-state index in [9.17, 15) is 4.79 Å². The van der Waals surface area contributed by atoms with Crippen molar-refractivity contribution in [2.75, 3.05) is 18.4 Å². The maximum atomic E-state index is 12.2. The molecule has 1 aromatic heterocycles. The molecule has 1 aliphatic rings. The van der Waals surface area contributed by atoms with Gasteiger partial charge >= 0.3 is 0 Å². The zero-order valence-electron chi connectivity index (χ0n) is 13.7. The Morgan fingerprint density at radius 3 is 2.76 bits per heavy atom. The second-order valence-electron chi connectivity index (χ2n) is 6.02. The maximum Gasteiger partial charge on any atom is 0.225 e. The Balaban J connectivity index is 0.00000225. The highest BCUT2D eigenvalue weighted by molar-refractivity contribution is 6.35. The molecule has 1 aliphatic heterocycles. The van der Waals surface area contributed by atoms with Crippen molar-refractivity contribution < 1.29 is 4.79 Å². The highest BCUT2D eigenvalue weighted by Gasteiger charge is 2.16. The number of anilines is 1. The number of carbonyl (C=O) groups is 1. The quantitative estimate of drug-likeness (QED) is 0.767. The summed E-state index contributed by atoms with van der Waals surface area (Å²) in [6.07, 6.45) is 4.23. The third-order valence-corrected chi connectivity index (χ3v) is 5.00. The van der Waals surface area contributed by atoms with E-state index in [1.165, 1.54) is 0 Å². The van der Waals surface area contributed by atoms with Crippen LogP contribution in [0.2, 0.25) is 10.0 Å². The van der Waals surface area contributed by atoms with Crippen molar-refractivity contribution in [1.29, 1.82) is 0 Å². The van der Waals surface area contributed by atoms with Crippen LogP contribution in [0.4, 0.5) is 5.82 Å². The number of benzene rings is 1. The van der Waals surface area contributed by atoms with Crippen LogP contribution in [0.25, 0.3) is 0 Å². The van der Waals surface area contributed by atoms with Crippen LogP contribution in [0.5, 0.6) is 0 Å². The topological polar surface area (TPSA) is 59.0 Å². The summed E-state index contributed by atoms with van der Waals surface area (Å²) in [5, 5.41) is 11.7. The fourth-order valence-corrected chi connectivity index (χ4v) is 3.42. The molecule has 25 heavy (non-hydrogen) atoms. The average molecular weight is 404 g/mol. The minimum absolute atomic E-state index is 0. The van der Waals surface area contributed by atoms with Crippen LogP contribution in [0.1, 0.15) is 24.8 Å². The SMILES string of the molecule is Cl.O=C(CCC1CCNC1)Nc1ccnn1Cc1c(Cl)cccc1Cl. The highest BCUT2D eigenvalue weighted by atomic mass is 35.5. The molecule has 1 saturated heterocycles. The summed E-state index contributed by atoms with van der Waals surface area (Å²) in [5.41, 5.74) is 0.789. The first-order valence-electron chi connectivity index (χ1n) is 8.09. The Hall–Kier alpha value is -1.27. The van der Waals surface area contributed by atoms with E-state index in [1.54, 1.807) is 35.1 Å². The normalized spacial score (nSPS) is 16.5. The highest BCUT2D eigenvalue weighted by Crippen LogP contribution is 2.26. The van der Waals surface area contributed by atoms with Crippen molar-refractivity contribution >= 4 is 47.3 Å². The van der Waals surface area contributed by atoms with Gasteiger partial charge in [-0.05, 0) is 44.0 Å². The minimum Gasteiger partial charge on any atom is -0.316 e. The standard InChI is InChI=1S/C17H20Cl2N4O.ClH/c18-14-2-1-3-15(19)13(14)11-23-16(7-9-21-23)22-17(24)5-4-12-6-8-20-10-12;/h1-3,7,9,12,20H,4-6,8,10-11H2,(H,22,24);1H. The second kappa shape index (κ2) is 9.43. The molecule has 0 saturated carbocycles. The Morgan fingerprint density at radius 1 is 1.32 bits per heavy atom. The lowest BCUT2D eigenvalue weighted by Gasteiger charge is -2.12. The number of rotatable bonds is 6. The summed E-state index contributed by atoms with van der Waals surface area (Å²) < 4.78 is 1.70. The van der Waals surface area contributed by atoms with Crippen LogP contribution in [0.15, 0.2) is 30.5 Å². The van der Waals surface area contributed by atoms with E-state index in [1.807, 2.05) is 0 Å². The molecule has 2 aromatic rings. The summed E-state index contributed by atoms with van der Waals surface area (Å²) in [7, 11) is 0. The molecule has 5 nitrogen and oxygen atoms in total. The number of hydrogen-bond donors (Lipinski definition) is 2. The van der Waals surface area contributed by atoms with E-state index in [0.29, 0.717) is 34.7 Å². The minimum atomic E-state index is 0. The molecule has 3 rings (SSSR count). The Labute approximate surface area is 163 Å². The predicted octanol–water partition coefficient (Wildman–Crippen LogP) is 3.99. The first-order valence-corrected chi connectivity index (χ1v) is 8.84. The number of carbonyl (C=O) groups excluding carboxylic acids is 1. The van der Waals surface area contributed by atoms with Crippen LogP contribution in [-0.2, 0) is 11.3 Å². The molecule has 2 heterocycles. The molecule has 1 aromatic carbocycles. The molecule has 1 atom stereocenters. The molecule has 2 N–H and O–H groups in total. The van der Waals surface area contributed by atoms with E-state index in [2.05, 4.69) is 15.7 Å². The van der Waals surface area contributed by atoms with Gasteiger partial charge in [-0.2, -0.15) is 5.10 Å². The van der Waals surface area contributed by atoms with Gasteiger partial charge in [0.25, 0.3) is 0 Å². The number of halogens is 3. The lowest BCUT2D eigenvalue weighted by atomic mass is 10.0. The summed E-state index contributed by atoms with van der Waals surface area (Å²) in [4.78, 5) is 12.2. The van der Waals surface area contributed by atoms with Gasteiger partial charge in [0.1, 0.15) is 5.82 Å². The molecule has 8 heteroatoms. The average Bonchev–Trinajstić information content (AvgIpc) is 3.21. The van der Waals surface area contributed by atoms with Crippen LogP contribution < -0.4 is 10.6 Å². The van der Waals surface area contributed by atoms with Gasteiger partial charge in [-0.3, -0.25) is 4.79 Å². The van der Waals surface area contributed by atoms with Gasteiger partial charge in [-0.25, -0.2) is 4.68 Å². The van der Waals surface area contributed by atoms with Crippen molar-refractivity contribution in [3.8, 4) is 0 Å². The van der Waals surface area contributed by atoms with Gasteiger partial charge in [-0.15, -0.1) is 12.4 Å². The van der Waals surface area contributed by atoms with E-state index >= 15 is 0 Å². The second-order valence-corrected chi connectivity index (χ2v) is 6.83. The van der Waals surface area contributed by atoms with Crippen molar-refractivity contribution in [3.63, 3.8) is 0 Å². The molecule has 136 valence electrons. The van der Waals surface area contributed by atoms with Gasteiger partial charge in [0.15, 0.2) is 0 Å². The number of aromatic nitrogens is 2. The van der Waals surface area contributed by atoms with Gasteiger partial charge < -0.3 is 10.6 Å². The number of hydrogen-bond acceptors (Lipinski definition) is 3. The Bertz CT molecular complexity index is 693. The van der Waals surface area contributed by atoms with Gasteiger partial charge in [0.2, 0.25) is 5.91 Å². The van der Waals surface area contributed by atoms with Crippen LogP contribution >= 0.6 is 35.6 Å². The van der Waals surface area contributed by atoms with Crippen LogP contribution in [0.3, 0.4) is 0 Å². The zero-order chi connectivity index (χ0) is 16.9. The molecule has 1 fully saturated rings. The fourth-order valence-electron chi connectivity index (χ4n) is 2.90. The van der Waals surface area contributed by atoms with Crippen LogP contribution in [0, 0.1) is 5.92 Å². The zero-order valence-corrected chi connectivity index (χ0v) is 16.0. The van der Waals surface area contributed by atoms with Crippen molar-refractivity contribution in [1.82, 2.24) is 15.1 Å². The van der Waals surface area contributed by atoms with E-state index in [-0.39, 0.29) is 18.3 Å². The molecule has 0 bridgehead atoms. The smallest absolute Gasteiger partial charge is 0.225 e. The van der Waals surface area contributed by atoms with Gasteiger partial charge in [0, 0.05) is 28.1 Å². The monoisotopic (exact) mass is 402 g/mol. The molecular formula is C17H21Cl3N4O. The van der Waals surface area contributed by atoms with Gasteiger partial charge in [-0.1, -0.05) is 29.3 Å². The molecular weight excluding hydrogens is 383 g/mol. The van der Waals surface area contributed by atoms with Crippen LogP contribution in [-0.4, -0.2) is 28.8 Å². The van der Waals surface area contributed by atoms with E-state index in [4.69, 9.17) is 23.2 Å². The summed E-state index contributed by atoms with van der Waals surface area (Å²) in [6, 6.07) is 7.16. The van der Waals surface area contributed by atoms with Crippen molar-refractivity contribution in [3.05, 3.63) is 46.1 Å². The Morgan fingerprint density at radius 2 is 2.08 bits per heavy atom. The first-order chi connectivity index (χ1) is 11.6. The summed E-state index contributed by atoms with van der Waals surface area (Å²) >= 11 is 12.4. The lowest BCUT2D eigenvalue weighted by Crippen LogP contribution is -2.17. The van der Waals surface area contributed by atoms with E-state index < -0.39 is 0 Å². The van der Waals surface area contributed by atoms with E-state index in [0.717, 1.165) is 31.5 Å². The maximum absolute atomic E-state index is 12.2. The first kappa shape index (κ1) is 20.0. The third kappa shape index (κ3) is 5.35. The fraction of sp³-hybridized carbons (Fsp3) is 0.412. The Kier molecular flexibility index (Phi) is 7.56. The van der Waals surface area contributed by atoms with Crippen molar-refractivity contribution in [2.45, 2.75) is 25.8 Å². The summed E-state index contributed by atoms with van der Waals surface area (Å²) in [6.45, 7) is 2.47.